The van der Waals surface area contributed by atoms with Gasteiger partial charge in [0.25, 0.3) is 0 Å². The number of nitrogens with two attached hydrogens (primary N) is 1. The molecule has 4 heteroatoms. The largest absolute Gasteiger partial charge is 0.455 e. The van der Waals surface area contributed by atoms with Crippen LogP contribution in [0.3, 0.4) is 0 Å². The summed E-state index contributed by atoms with van der Waals surface area (Å²) in [4.78, 5) is 4.25. The van der Waals surface area contributed by atoms with Gasteiger partial charge in [-0.15, -0.1) is 0 Å². The molecule has 21 heavy (non-hydrogen) atoms. The van der Waals surface area contributed by atoms with E-state index in [0.29, 0.717) is 11.4 Å². The summed E-state index contributed by atoms with van der Waals surface area (Å²) < 4.78 is 7.94. The van der Waals surface area contributed by atoms with Crippen molar-refractivity contribution in [3.63, 3.8) is 0 Å². The number of nitrogens with zero attached hydrogens (tertiary/aromatic N) is 2. The molecule has 3 aromatic rings. The average molecular weight is 279 g/mol. The van der Waals surface area contributed by atoms with Crippen LogP contribution in [0.5, 0.6) is 11.5 Å². The number of aryl methyl sites for hydroxylation is 2. The molecule has 106 valence electrons. The van der Waals surface area contributed by atoms with Crippen LogP contribution >= 0.6 is 0 Å². The Kier molecular flexibility index (Phi) is 3.36. The van der Waals surface area contributed by atoms with Gasteiger partial charge in [0.05, 0.1) is 17.7 Å². The van der Waals surface area contributed by atoms with Crippen LogP contribution in [-0.2, 0) is 0 Å². The number of benzene rings is 2. The lowest BCUT2D eigenvalue weighted by atomic mass is 10.2. The zero-order chi connectivity index (χ0) is 14.8. The third-order valence-electron chi connectivity index (χ3n) is 3.19. The van der Waals surface area contributed by atoms with Crippen molar-refractivity contribution in [2.75, 3.05) is 5.73 Å². The number of ether oxygens (including phenoxy) is 1. The molecule has 0 bridgehead atoms. The molecular weight excluding hydrogens is 262 g/mol. The van der Waals surface area contributed by atoms with Crippen LogP contribution in [0, 0.1) is 13.8 Å². The second-order valence-electron chi connectivity index (χ2n) is 5.07. The maximum atomic E-state index is 6.01. The Morgan fingerprint density at radius 1 is 1.10 bits per heavy atom. The third kappa shape index (κ3) is 2.89. The first kappa shape index (κ1) is 13.2. The number of hydrogen-bond acceptors (Lipinski definition) is 3. The first-order valence-corrected chi connectivity index (χ1v) is 6.77. The minimum absolute atomic E-state index is 0.665. The van der Waals surface area contributed by atoms with E-state index in [9.17, 15) is 0 Å². The highest BCUT2D eigenvalue weighted by Crippen LogP contribution is 2.30. The summed E-state index contributed by atoms with van der Waals surface area (Å²) in [6.45, 7) is 3.99. The summed E-state index contributed by atoms with van der Waals surface area (Å²) in [5.74, 6) is 1.50. The second kappa shape index (κ2) is 5.32. The van der Waals surface area contributed by atoms with Crippen molar-refractivity contribution in [1.82, 2.24) is 9.55 Å². The Labute approximate surface area is 123 Å². The zero-order valence-corrected chi connectivity index (χ0v) is 12.1. The number of aromatic nitrogens is 2. The monoisotopic (exact) mass is 279 g/mol. The van der Waals surface area contributed by atoms with Gasteiger partial charge in [-0.05, 0) is 43.7 Å². The van der Waals surface area contributed by atoms with Gasteiger partial charge in [-0.25, -0.2) is 4.98 Å². The van der Waals surface area contributed by atoms with Crippen LogP contribution in [0.25, 0.3) is 5.69 Å². The minimum Gasteiger partial charge on any atom is -0.455 e. The van der Waals surface area contributed by atoms with Crippen molar-refractivity contribution < 1.29 is 4.74 Å². The van der Waals surface area contributed by atoms with Gasteiger partial charge in [0, 0.05) is 18.0 Å². The highest BCUT2D eigenvalue weighted by atomic mass is 16.5. The number of anilines is 1. The fourth-order valence-corrected chi connectivity index (χ4v) is 2.18. The smallest absolute Gasteiger partial charge is 0.153 e. The fraction of sp³-hybridized carbons (Fsp3) is 0.118. The molecule has 0 saturated heterocycles. The molecule has 0 aliphatic carbocycles. The van der Waals surface area contributed by atoms with E-state index < -0.39 is 0 Å². The van der Waals surface area contributed by atoms with Crippen molar-refractivity contribution in [3.8, 4) is 17.2 Å². The van der Waals surface area contributed by atoms with Crippen LogP contribution in [-0.4, -0.2) is 9.55 Å². The van der Waals surface area contributed by atoms with Gasteiger partial charge in [0.1, 0.15) is 5.75 Å². The summed E-state index contributed by atoms with van der Waals surface area (Å²) in [5, 5.41) is 0. The van der Waals surface area contributed by atoms with Gasteiger partial charge >= 0.3 is 0 Å². The predicted molar refractivity (Wildman–Crippen MR) is 84.0 cm³/mol. The second-order valence-corrected chi connectivity index (χ2v) is 5.07. The first-order chi connectivity index (χ1) is 10.1. The van der Waals surface area contributed by atoms with Crippen molar-refractivity contribution in [2.24, 2.45) is 0 Å². The average Bonchev–Trinajstić information content (AvgIpc) is 2.85. The first-order valence-electron chi connectivity index (χ1n) is 6.77. The molecule has 1 heterocycles. The molecule has 4 nitrogen and oxygen atoms in total. The highest BCUT2D eigenvalue weighted by molar-refractivity contribution is 5.57. The van der Waals surface area contributed by atoms with Gasteiger partial charge in [0.15, 0.2) is 5.75 Å². The predicted octanol–water partition coefficient (Wildman–Crippen LogP) is 3.86. The number of hydrogen-bond donors (Lipinski definition) is 1. The summed E-state index contributed by atoms with van der Waals surface area (Å²) in [6.07, 6.45) is 3.72. The molecule has 2 N–H and O–H groups in total. The van der Waals surface area contributed by atoms with Crippen molar-refractivity contribution in [1.29, 1.82) is 0 Å². The third-order valence-corrected chi connectivity index (χ3v) is 3.19. The van der Waals surface area contributed by atoms with Gasteiger partial charge in [0.2, 0.25) is 0 Å². The van der Waals surface area contributed by atoms with Crippen LogP contribution in [0.15, 0.2) is 55.0 Å². The lowest BCUT2D eigenvalue weighted by Crippen LogP contribution is -1.97. The fourth-order valence-electron chi connectivity index (χ4n) is 2.18. The maximum Gasteiger partial charge on any atom is 0.153 e. The molecule has 0 aliphatic heterocycles. The van der Waals surface area contributed by atoms with E-state index in [1.54, 1.807) is 6.33 Å². The van der Waals surface area contributed by atoms with E-state index in [-0.39, 0.29) is 0 Å². The molecule has 0 radical (unpaired) electrons. The van der Waals surface area contributed by atoms with Crippen LogP contribution in [0.2, 0.25) is 0 Å². The molecule has 3 rings (SSSR count). The van der Waals surface area contributed by atoms with Crippen molar-refractivity contribution in [3.05, 3.63) is 66.2 Å². The van der Waals surface area contributed by atoms with Crippen molar-refractivity contribution in [2.45, 2.75) is 13.8 Å². The molecule has 0 aliphatic rings. The molecule has 0 unspecified atom stereocenters. The number of nitrogen functional groups attached to an aromatic ring is 1. The topological polar surface area (TPSA) is 53.1 Å². The normalized spacial score (nSPS) is 10.6. The van der Waals surface area contributed by atoms with E-state index in [1.165, 1.54) is 0 Å². The Bertz CT molecular complexity index is 777. The van der Waals surface area contributed by atoms with E-state index >= 15 is 0 Å². The Morgan fingerprint density at radius 3 is 2.67 bits per heavy atom. The quantitative estimate of drug-likeness (QED) is 0.741. The van der Waals surface area contributed by atoms with Gasteiger partial charge in [-0.2, -0.15) is 0 Å². The zero-order valence-electron chi connectivity index (χ0n) is 12.1. The summed E-state index contributed by atoms with van der Waals surface area (Å²) >= 11 is 0. The molecule has 0 atom stereocenters. The van der Waals surface area contributed by atoms with Crippen LogP contribution in [0.4, 0.5) is 5.69 Å². The molecule has 1 aromatic heterocycles. The molecule has 0 fully saturated rings. The maximum absolute atomic E-state index is 6.01. The standard InChI is InChI=1S/C17H17N3O/c1-12-4-3-5-15(8-12)21-17-9-14(18)6-7-16(17)20-10-13(2)19-11-20/h3-11H,18H2,1-2H3. The number of imidazole rings is 1. The Morgan fingerprint density at radius 2 is 1.95 bits per heavy atom. The molecule has 2 aromatic carbocycles. The lowest BCUT2D eigenvalue weighted by Gasteiger charge is -2.13. The minimum atomic E-state index is 0.665. The Hall–Kier alpha value is -2.75. The summed E-state index contributed by atoms with van der Waals surface area (Å²) in [5.41, 5.74) is 9.56. The van der Waals surface area contributed by atoms with E-state index in [1.807, 2.05) is 67.1 Å². The van der Waals surface area contributed by atoms with E-state index in [0.717, 1.165) is 22.7 Å². The van der Waals surface area contributed by atoms with Crippen LogP contribution < -0.4 is 10.5 Å². The molecule has 0 saturated carbocycles. The van der Waals surface area contributed by atoms with Gasteiger partial charge in [-0.1, -0.05) is 12.1 Å². The van der Waals surface area contributed by atoms with Gasteiger partial charge in [-0.3, -0.25) is 0 Å². The highest BCUT2D eigenvalue weighted by Gasteiger charge is 2.08. The van der Waals surface area contributed by atoms with E-state index in [2.05, 4.69) is 4.98 Å². The molecule has 0 spiro atoms. The van der Waals surface area contributed by atoms with Crippen LogP contribution in [0.1, 0.15) is 11.3 Å². The van der Waals surface area contributed by atoms with Crippen molar-refractivity contribution >= 4 is 5.69 Å². The summed E-state index contributed by atoms with van der Waals surface area (Å²) in [7, 11) is 0. The van der Waals surface area contributed by atoms with E-state index in [4.69, 9.17) is 10.5 Å². The molecular formula is C17H17N3O. The lowest BCUT2D eigenvalue weighted by molar-refractivity contribution is 0.480. The SMILES string of the molecule is Cc1cccc(Oc2cc(N)ccc2-n2cnc(C)c2)c1. The Balaban J connectivity index is 2.02. The van der Waals surface area contributed by atoms with Gasteiger partial charge < -0.3 is 15.0 Å². The summed E-state index contributed by atoms with van der Waals surface area (Å²) in [6, 6.07) is 13.5. The number of rotatable bonds is 3. The molecule has 0 amide bonds.